The Morgan fingerprint density at radius 3 is 2.81 bits per heavy atom. The zero-order valence-electron chi connectivity index (χ0n) is 14.5. The molecule has 3 heterocycles. The fraction of sp³-hybridized carbons (Fsp3) is 0.263. The summed E-state index contributed by atoms with van der Waals surface area (Å²) in [6.07, 6.45) is 6.71. The number of H-pyrrole nitrogens is 1. The van der Waals surface area contributed by atoms with Gasteiger partial charge >= 0.3 is 5.69 Å². The lowest BCUT2D eigenvalue weighted by Crippen LogP contribution is -2.35. The first-order valence-corrected chi connectivity index (χ1v) is 9.56. The highest BCUT2D eigenvalue weighted by atomic mass is 79.9. The third-order valence-corrected chi connectivity index (χ3v) is 5.44. The number of nitro groups is 1. The Labute approximate surface area is 164 Å². The number of nitrogens with zero attached hydrogens (tertiary/aromatic N) is 4. The Balaban J connectivity index is 1.60. The van der Waals surface area contributed by atoms with Crippen molar-refractivity contribution in [2.24, 2.45) is 0 Å². The van der Waals surface area contributed by atoms with Crippen LogP contribution in [0.5, 0.6) is 0 Å². The van der Waals surface area contributed by atoms with Crippen LogP contribution in [-0.4, -0.2) is 33.0 Å². The third-order valence-electron chi connectivity index (χ3n) is 4.85. The maximum Gasteiger partial charge on any atom is 0.311 e. The summed E-state index contributed by atoms with van der Waals surface area (Å²) in [6, 6.07) is 10.1. The Kier molecular flexibility index (Phi) is 4.89. The van der Waals surface area contributed by atoms with Crippen molar-refractivity contribution in [2.45, 2.75) is 18.8 Å². The number of aromatic amines is 1. The Bertz CT molecular complexity index is 960. The van der Waals surface area contributed by atoms with Gasteiger partial charge in [0.05, 0.1) is 21.3 Å². The number of aromatic nitrogens is 3. The highest BCUT2D eigenvalue weighted by molar-refractivity contribution is 9.10. The maximum absolute atomic E-state index is 11.4. The van der Waals surface area contributed by atoms with E-state index >= 15 is 0 Å². The van der Waals surface area contributed by atoms with Crippen LogP contribution in [0.2, 0.25) is 0 Å². The van der Waals surface area contributed by atoms with E-state index in [-0.39, 0.29) is 16.5 Å². The third kappa shape index (κ3) is 3.57. The molecule has 1 saturated heterocycles. The lowest BCUT2D eigenvalue weighted by molar-refractivity contribution is -0.384. The van der Waals surface area contributed by atoms with E-state index in [0.29, 0.717) is 16.7 Å². The molecule has 0 aliphatic carbocycles. The average molecular weight is 428 g/mol. The predicted molar refractivity (Wildman–Crippen MR) is 107 cm³/mol. The van der Waals surface area contributed by atoms with Gasteiger partial charge in [-0.05, 0) is 34.3 Å². The molecule has 1 aromatic carbocycles. The van der Waals surface area contributed by atoms with Crippen molar-refractivity contribution in [3.63, 3.8) is 0 Å². The molecule has 138 valence electrons. The summed E-state index contributed by atoms with van der Waals surface area (Å²) in [4.78, 5) is 25.1. The van der Waals surface area contributed by atoms with Gasteiger partial charge < -0.3 is 9.88 Å². The van der Waals surface area contributed by atoms with Crippen LogP contribution >= 0.6 is 15.9 Å². The highest BCUT2D eigenvalue weighted by Crippen LogP contribution is 2.38. The molecule has 1 unspecified atom stereocenters. The predicted octanol–water partition coefficient (Wildman–Crippen LogP) is 4.53. The topological polar surface area (TPSA) is 87.9 Å². The van der Waals surface area contributed by atoms with Gasteiger partial charge in [0.2, 0.25) is 0 Å². The van der Waals surface area contributed by atoms with E-state index in [1.165, 1.54) is 6.20 Å². The van der Waals surface area contributed by atoms with Gasteiger partial charge in [0.25, 0.3) is 0 Å². The van der Waals surface area contributed by atoms with Crippen molar-refractivity contribution in [1.29, 1.82) is 0 Å². The van der Waals surface area contributed by atoms with Gasteiger partial charge in [-0.15, -0.1) is 0 Å². The minimum atomic E-state index is -0.378. The molecule has 0 spiro atoms. The van der Waals surface area contributed by atoms with Crippen LogP contribution in [0, 0.1) is 10.1 Å². The van der Waals surface area contributed by atoms with Gasteiger partial charge in [0, 0.05) is 25.2 Å². The maximum atomic E-state index is 11.4. The van der Waals surface area contributed by atoms with Crippen LogP contribution in [0.3, 0.4) is 0 Å². The van der Waals surface area contributed by atoms with Crippen LogP contribution in [-0.2, 0) is 0 Å². The number of halogens is 1. The zero-order chi connectivity index (χ0) is 18.8. The molecule has 1 N–H and O–H groups in total. The number of pyridine rings is 1. The van der Waals surface area contributed by atoms with Crippen LogP contribution in [0.1, 0.15) is 24.6 Å². The molecule has 1 aliphatic rings. The standard InChI is InChI=1S/C19H18BrN5O2/c20-15-9-21-11-17(25(26)27)18(15)24-8-4-7-14(12-24)19-22-10-16(23-19)13-5-2-1-3-6-13/h1-3,5-6,9-11,14H,4,7-8,12H2,(H,22,23). The quantitative estimate of drug-likeness (QED) is 0.488. The molecule has 1 aliphatic heterocycles. The molecule has 0 saturated carbocycles. The van der Waals surface area contributed by atoms with Gasteiger partial charge in [-0.2, -0.15) is 0 Å². The molecule has 0 amide bonds. The molecule has 0 radical (unpaired) electrons. The first-order valence-electron chi connectivity index (χ1n) is 8.76. The second kappa shape index (κ2) is 7.48. The zero-order valence-corrected chi connectivity index (χ0v) is 16.1. The number of anilines is 1. The van der Waals surface area contributed by atoms with Gasteiger partial charge in [-0.1, -0.05) is 30.3 Å². The van der Waals surface area contributed by atoms with Gasteiger partial charge in [0.15, 0.2) is 0 Å². The second-order valence-electron chi connectivity index (χ2n) is 6.58. The lowest BCUT2D eigenvalue weighted by Gasteiger charge is -2.33. The SMILES string of the molecule is O=[N+]([O-])c1cncc(Br)c1N1CCCC(c2ncc(-c3ccccc3)[nH]2)C1. The van der Waals surface area contributed by atoms with E-state index in [0.717, 1.165) is 36.5 Å². The van der Waals surface area contributed by atoms with Crippen molar-refractivity contribution in [1.82, 2.24) is 15.0 Å². The lowest BCUT2D eigenvalue weighted by atomic mass is 9.97. The summed E-state index contributed by atoms with van der Waals surface area (Å²) in [7, 11) is 0. The number of rotatable bonds is 4. The van der Waals surface area contributed by atoms with E-state index < -0.39 is 0 Å². The van der Waals surface area contributed by atoms with Gasteiger partial charge in [-0.25, -0.2) is 4.98 Å². The summed E-state index contributed by atoms with van der Waals surface area (Å²) in [5.41, 5.74) is 2.69. The largest absolute Gasteiger partial charge is 0.364 e. The Morgan fingerprint density at radius 2 is 2.04 bits per heavy atom. The number of benzene rings is 1. The van der Waals surface area contributed by atoms with Crippen molar-refractivity contribution in [2.75, 3.05) is 18.0 Å². The fourth-order valence-electron chi connectivity index (χ4n) is 3.58. The summed E-state index contributed by atoms with van der Waals surface area (Å²) in [6.45, 7) is 1.44. The number of imidazole rings is 1. The first-order chi connectivity index (χ1) is 13.1. The smallest absolute Gasteiger partial charge is 0.311 e. The fourth-order valence-corrected chi connectivity index (χ4v) is 4.15. The first kappa shape index (κ1) is 17.7. The van der Waals surface area contributed by atoms with E-state index in [9.17, 15) is 10.1 Å². The van der Waals surface area contributed by atoms with Gasteiger partial charge in [-0.3, -0.25) is 15.1 Å². The number of piperidine rings is 1. The molecule has 8 heteroatoms. The van der Waals surface area contributed by atoms with Gasteiger partial charge in [0.1, 0.15) is 17.7 Å². The van der Waals surface area contributed by atoms with E-state index in [2.05, 4.69) is 35.8 Å². The normalized spacial score (nSPS) is 17.1. The van der Waals surface area contributed by atoms with Crippen molar-refractivity contribution >= 4 is 27.3 Å². The summed E-state index contributed by atoms with van der Waals surface area (Å²) < 4.78 is 0.641. The minimum absolute atomic E-state index is 0.0226. The summed E-state index contributed by atoms with van der Waals surface area (Å²) in [5, 5.41) is 11.4. The summed E-state index contributed by atoms with van der Waals surface area (Å²) in [5.74, 6) is 1.11. The van der Waals surface area contributed by atoms with Crippen molar-refractivity contribution in [3.05, 3.63) is 69.3 Å². The molecule has 1 fully saturated rings. The molecular weight excluding hydrogens is 410 g/mol. The van der Waals surface area contributed by atoms with Crippen LogP contribution in [0.4, 0.5) is 11.4 Å². The molecule has 0 bridgehead atoms. The van der Waals surface area contributed by atoms with E-state index in [4.69, 9.17) is 0 Å². The van der Waals surface area contributed by atoms with E-state index in [1.807, 2.05) is 36.5 Å². The minimum Gasteiger partial charge on any atom is -0.364 e. The Hall–Kier alpha value is -2.74. The molecule has 27 heavy (non-hydrogen) atoms. The molecule has 3 aromatic rings. The van der Waals surface area contributed by atoms with Crippen LogP contribution in [0.25, 0.3) is 11.3 Å². The molecule has 1 atom stereocenters. The summed E-state index contributed by atoms with van der Waals surface area (Å²) >= 11 is 3.43. The van der Waals surface area contributed by atoms with Crippen molar-refractivity contribution in [3.8, 4) is 11.3 Å². The van der Waals surface area contributed by atoms with Crippen LogP contribution < -0.4 is 4.90 Å². The molecular formula is C19H18BrN5O2. The molecule has 4 rings (SSSR count). The highest BCUT2D eigenvalue weighted by Gasteiger charge is 2.29. The number of hydrogen-bond donors (Lipinski definition) is 1. The number of hydrogen-bond acceptors (Lipinski definition) is 5. The average Bonchev–Trinajstić information content (AvgIpc) is 3.19. The number of nitrogens with one attached hydrogen (secondary N) is 1. The second-order valence-corrected chi connectivity index (χ2v) is 7.43. The van der Waals surface area contributed by atoms with Crippen LogP contribution in [0.15, 0.2) is 53.4 Å². The monoisotopic (exact) mass is 427 g/mol. The van der Waals surface area contributed by atoms with E-state index in [1.54, 1.807) is 6.20 Å². The molecule has 7 nitrogen and oxygen atoms in total. The van der Waals surface area contributed by atoms with Crippen molar-refractivity contribution < 1.29 is 4.92 Å². The molecule has 2 aromatic heterocycles. The Morgan fingerprint density at radius 1 is 1.22 bits per heavy atom.